The molecule has 0 saturated heterocycles. The van der Waals surface area contributed by atoms with Crippen LogP contribution in [0, 0.1) is 6.92 Å². The summed E-state index contributed by atoms with van der Waals surface area (Å²) in [5.74, 6) is 1.82. The molecule has 0 aliphatic carbocycles. The van der Waals surface area contributed by atoms with Crippen LogP contribution in [0.5, 0.6) is 11.5 Å². The van der Waals surface area contributed by atoms with Crippen molar-refractivity contribution in [3.8, 4) is 11.5 Å². The fraction of sp³-hybridized carbons (Fsp3) is 0.185. The number of nitrogens with zero attached hydrogens (tertiary/aromatic N) is 2. The lowest BCUT2D eigenvalue weighted by Crippen LogP contribution is -2.31. The standard InChI is InChI=1S/C27H23ClN4O3/c1-15-7-9-18(14-19(15)28)30-26(33)24-16(2)29-27-31-20-5-3-4-6-21(20)32(27)25(24)17-8-10-22-23(13-17)35-12-11-34-22/h3-10,13-14,25H,11-12H2,1-2H3,(H,29,31)(H,30,33). The van der Waals surface area contributed by atoms with Crippen molar-refractivity contribution in [2.24, 2.45) is 0 Å². The smallest absolute Gasteiger partial charge is 0.255 e. The number of allylic oxidation sites excluding steroid dienone is 1. The van der Waals surface area contributed by atoms with Crippen LogP contribution in [-0.2, 0) is 4.79 Å². The topological polar surface area (TPSA) is 77.4 Å². The zero-order valence-electron chi connectivity index (χ0n) is 19.3. The van der Waals surface area contributed by atoms with Crippen molar-refractivity contribution in [3.05, 3.63) is 88.1 Å². The van der Waals surface area contributed by atoms with E-state index in [2.05, 4.69) is 15.2 Å². The van der Waals surface area contributed by atoms with E-state index in [-0.39, 0.29) is 5.91 Å². The minimum absolute atomic E-state index is 0.224. The normalized spacial score (nSPS) is 16.6. The van der Waals surface area contributed by atoms with E-state index in [1.54, 1.807) is 6.07 Å². The van der Waals surface area contributed by atoms with Crippen LogP contribution >= 0.6 is 11.6 Å². The molecule has 2 aliphatic heterocycles. The minimum atomic E-state index is -0.435. The quantitative estimate of drug-likeness (QED) is 0.388. The van der Waals surface area contributed by atoms with Crippen molar-refractivity contribution in [3.63, 3.8) is 0 Å². The highest BCUT2D eigenvalue weighted by Crippen LogP contribution is 2.42. The van der Waals surface area contributed by atoms with Gasteiger partial charge in [0.2, 0.25) is 5.95 Å². The van der Waals surface area contributed by atoms with Crippen molar-refractivity contribution in [1.82, 2.24) is 9.55 Å². The lowest BCUT2D eigenvalue weighted by atomic mass is 9.93. The van der Waals surface area contributed by atoms with Crippen LogP contribution < -0.4 is 20.1 Å². The van der Waals surface area contributed by atoms with Crippen LogP contribution in [0.25, 0.3) is 11.0 Å². The third-order valence-electron chi connectivity index (χ3n) is 6.39. The van der Waals surface area contributed by atoms with Crippen LogP contribution in [0.15, 0.2) is 71.9 Å². The molecule has 3 heterocycles. The van der Waals surface area contributed by atoms with E-state index in [9.17, 15) is 4.79 Å². The molecule has 0 radical (unpaired) electrons. The predicted octanol–water partition coefficient (Wildman–Crippen LogP) is 5.70. The largest absolute Gasteiger partial charge is 0.486 e. The van der Waals surface area contributed by atoms with E-state index in [0.29, 0.717) is 46.9 Å². The summed E-state index contributed by atoms with van der Waals surface area (Å²) in [5, 5.41) is 6.97. The highest BCUT2D eigenvalue weighted by Gasteiger charge is 2.35. The molecular formula is C27H23ClN4O3. The van der Waals surface area contributed by atoms with Gasteiger partial charge >= 0.3 is 0 Å². The molecule has 6 rings (SSSR count). The lowest BCUT2D eigenvalue weighted by molar-refractivity contribution is -0.113. The van der Waals surface area contributed by atoms with Crippen LogP contribution in [0.4, 0.5) is 11.6 Å². The minimum Gasteiger partial charge on any atom is -0.486 e. The number of hydrogen-bond donors (Lipinski definition) is 2. The van der Waals surface area contributed by atoms with Gasteiger partial charge in [-0.05, 0) is 61.4 Å². The zero-order valence-corrected chi connectivity index (χ0v) is 20.0. The number of aromatic nitrogens is 2. The summed E-state index contributed by atoms with van der Waals surface area (Å²) in [6, 6.07) is 18.8. The summed E-state index contributed by atoms with van der Waals surface area (Å²) in [6.45, 7) is 4.82. The van der Waals surface area contributed by atoms with E-state index in [1.165, 1.54) is 0 Å². The second-order valence-corrected chi connectivity index (χ2v) is 9.09. The van der Waals surface area contributed by atoms with Gasteiger partial charge in [0.1, 0.15) is 13.2 Å². The molecule has 4 aromatic rings. The fourth-order valence-corrected chi connectivity index (χ4v) is 4.85. The number of halogens is 1. The van der Waals surface area contributed by atoms with Gasteiger partial charge in [-0.15, -0.1) is 0 Å². The Labute approximate surface area is 207 Å². The molecule has 2 N–H and O–H groups in total. The second kappa shape index (κ2) is 8.36. The van der Waals surface area contributed by atoms with E-state index in [4.69, 9.17) is 26.1 Å². The Morgan fingerprint density at radius 1 is 1.06 bits per heavy atom. The summed E-state index contributed by atoms with van der Waals surface area (Å²) >= 11 is 6.31. The van der Waals surface area contributed by atoms with Crippen molar-refractivity contribution in [2.75, 3.05) is 23.8 Å². The van der Waals surface area contributed by atoms with Gasteiger partial charge in [0.05, 0.1) is 22.6 Å². The van der Waals surface area contributed by atoms with E-state index >= 15 is 0 Å². The first-order valence-electron chi connectivity index (χ1n) is 11.4. The summed E-state index contributed by atoms with van der Waals surface area (Å²) < 4.78 is 13.6. The van der Waals surface area contributed by atoms with E-state index in [1.807, 2.05) is 68.4 Å². The molecule has 35 heavy (non-hydrogen) atoms. The average molecular weight is 487 g/mol. The molecule has 7 nitrogen and oxygen atoms in total. The molecule has 1 amide bonds. The van der Waals surface area contributed by atoms with Gasteiger partial charge in [-0.3, -0.25) is 9.36 Å². The molecule has 0 bridgehead atoms. The summed E-state index contributed by atoms with van der Waals surface area (Å²) in [6.07, 6.45) is 0. The number of anilines is 2. The van der Waals surface area contributed by atoms with Crippen LogP contribution in [0.1, 0.15) is 24.1 Å². The first-order valence-corrected chi connectivity index (χ1v) is 11.8. The Bertz CT molecular complexity index is 1520. The predicted molar refractivity (Wildman–Crippen MR) is 136 cm³/mol. The fourth-order valence-electron chi connectivity index (χ4n) is 4.67. The molecule has 0 spiro atoms. The molecule has 3 aromatic carbocycles. The number of hydrogen-bond acceptors (Lipinski definition) is 5. The zero-order chi connectivity index (χ0) is 24.1. The number of ether oxygens (including phenoxy) is 2. The Morgan fingerprint density at radius 2 is 1.86 bits per heavy atom. The number of para-hydroxylation sites is 2. The Balaban J connectivity index is 1.49. The van der Waals surface area contributed by atoms with Gasteiger partial charge in [-0.25, -0.2) is 4.98 Å². The molecule has 1 aromatic heterocycles. The Hall–Kier alpha value is -3.97. The molecule has 1 unspecified atom stereocenters. The van der Waals surface area contributed by atoms with Gasteiger partial charge in [-0.1, -0.05) is 35.9 Å². The number of nitrogens with one attached hydrogen (secondary N) is 2. The van der Waals surface area contributed by atoms with Crippen molar-refractivity contribution < 1.29 is 14.3 Å². The van der Waals surface area contributed by atoms with Crippen LogP contribution in [-0.4, -0.2) is 28.7 Å². The highest BCUT2D eigenvalue weighted by molar-refractivity contribution is 6.31. The van der Waals surface area contributed by atoms with Gasteiger partial charge < -0.3 is 20.1 Å². The van der Waals surface area contributed by atoms with Crippen molar-refractivity contribution in [1.29, 1.82) is 0 Å². The Kier molecular flexibility index (Phi) is 5.15. The van der Waals surface area contributed by atoms with Crippen LogP contribution in [0.2, 0.25) is 5.02 Å². The maximum Gasteiger partial charge on any atom is 0.255 e. The van der Waals surface area contributed by atoms with Gasteiger partial charge in [0, 0.05) is 16.4 Å². The molecule has 176 valence electrons. The van der Waals surface area contributed by atoms with Gasteiger partial charge in [0.15, 0.2) is 11.5 Å². The molecule has 2 aliphatic rings. The second-order valence-electron chi connectivity index (χ2n) is 8.68. The third-order valence-corrected chi connectivity index (χ3v) is 6.79. The summed E-state index contributed by atoms with van der Waals surface area (Å²) in [5.41, 5.74) is 5.54. The van der Waals surface area contributed by atoms with Crippen molar-refractivity contribution >= 4 is 40.2 Å². The summed E-state index contributed by atoms with van der Waals surface area (Å²) in [7, 11) is 0. The van der Waals surface area contributed by atoms with Gasteiger partial charge in [0.25, 0.3) is 5.91 Å². The third kappa shape index (κ3) is 3.68. The number of carbonyl (C=O) groups is 1. The maximum atomic E-state index is 13.8. The number of aryl methyl sites for hydroxylation is 1. The van der Waals surface area contributed by atoms with Gasteiger partial charge in [-0.2, -0.15) is 0 Å². The SMILES string of the molecule is CC1=C(C(=O)Nc2ccc(C)c(Cl)c2)C(c2ccc3c(c2)OCCO3)n2c(nc3ccccc32)N1. The maximum absolute atomic E-state index is 13.8. The monoisotopic (exact) mass is 486 g/mol. The number of amides is 1. The number of rotatable bonds is 3. The molecule has 0 saturated carbocycles. The number of imidazole rings is 1. The molecular weight excluding hydrogens is 464 g/mol. The molecule has 0 fully saturated rings. The van der Waals surface area contributed by atoms with Crippen LogP contribution in [0.3, 0.4) is 0 Å². The highest BCUT2D eigenvalue weighted by atomic mass is 35.5. The summed E-state index contributed by atoms with van der Waals surface area (Å²) in [4.78, 5) is 18.6. The van der Waals surface area contributed by atoms with E-state index < -0.39 is 6.04 Å². The number of fused-ring (bicyclic) bond motifs is 4. The van der Waals surface area contributed by atoms with Crippen molar-refractivity contribution in [2.45, 2.75) is 19.9 Å². The molecule has 8 heteroatoms. The first-order chi connectivity index (χ1) is 17.0. The molecule has 1 atom stereocenters. The number of benzene rings is 3. The first kappa shape index (κ1) is 21.6. The lowest BCUT2D eigenvalue weighted by Gasteiger charge is -2.31. The number of carbonyl (C=O) groups excluding carboxylic acids is 1. The van der Waals surface area contributed by atoms with E-state index in [0.717, 1.165) is 27.9 Å². The average Bonchev–Trinajstić information content (AvgIpc) is 3.23. The Morgan fingerprint density at radius 3 is 2.69 bits per heavy atom.